The van der Waals surface area contributed by atoms with Gasteiger partial charge in [0, 0.05) is 25.8 Å². The first-order valence-electron chi connectivity index (χ1n) is 9.84. The van der Waals surface area contributed by atoms with Gasteiger partial charge in [-0.3, -0.25) is 0 Å². The van der Waals surface area contributed by atoms with Crippen LogP contribution in [0.15, 0.2) is 66.9 Å². The van der Waals surface area contributed by atoms with Gasteiger partial charge in [-0.25, -0.2) is 0 Å². The Morgan fingerprint density at radius 1 is 0.926 bits per heavy atom. The van der Waals surface area contributed by atoms with Crippen LogP contribution in [-0.2, 0) is 5.41 Å². The minimum absolute atomic E-state index is 0.0493. The summed E-state index contributed by atoms with van der Waals surface area (Å²) < 4.78 is 0. The second-order valence-electron chi connectivity index (χ2n) is 9.12. The lowest BCUT2D eigenvalue weighted by molar-refractivity contribution is 0.232. The minimum atomic E-state index is 0.0493. The summed E-state index contributed by atoms with van der Waals surface area (Å²) in [5.74, 6) is 0. The maximum atomic E-state index is 4.38. The second kappa shape index (κ2) is 8.75. The quantitative estimate of drug-likeness (QED) is 0.613. The first-order valence-corrected chi connectivity index (χ1v) is 9.84. The first-order chi connectivity index (χ1) is 12.6. The van der Waals surface area contributed by atoms with Crippen LogP contribution in [0.25, 0.3) is 11.1 Å². The maximum Gasteiger partial charge on any atom is 0.0235 e. The standard InChI is InChI=1S/C25H36N2/c1-20(27(7)19-24(2,3)18-26-6)17-25(4,5)23-15-13-22(14-16-23)21-11-9-8-10-12-21/h8-16,26H,1,17-19H2,2-7H3. The summed E-state index contributed by atoms with van der Waals surface area (Å²) in [6.07, 6.45) is 0.948. The van der Waals surface area contributed by atoms with Crippen LogP contribution in [0.2, 0.25) is 0 Å². The van der Waals surface area contributed by atoms with Crippen molar-refractivity contribution in [2.75, 3.05) is 27.2 Å². The molecule has 0 radical (unpaired) electrons. The largest absolute Gasteiger partial charge is 0.378 e. The van der Waals surface area contributed by atoms with Crippen molar-refractivity contribution < 1.29 is 0 Å². The van der Waals surface area contributed by atoms with Crippen molar-refractivity contribution in [3.05, 3.63) is 72.4 Å². The molecule has 0 fully saturated rings. The maximum absolute atomic E-state index is 4.38. The summed E-state index contributed by atoms with van der Waals surface area (Å²) >= 11 is 0. The number of hydrogen-bond donors (Lipinski definition) is 1. The van der Waals surface area contributed by atoms with Crippen molar-refractivity contribution in [2.24, 2.45) is 5.41 Å². The topological polar surface area (TPSA) is 15.3 Å². The highest BCUT2D eigenvalue weighted by Crippen LogP contribution is 2.33. The molecule has 0 aliphatic carbocycles. The molecule has 0 spiro atoms. The van der Waals surface area contributed by atoms with E-state index in [0.29, 0.717) is 0 Å². The van der Waals surface area contributed by atoms with E-state index < -0.39 is 0 Å². The van der Waals surface area contributed by atoms with Gasteiger partial charge in [0.05, 0.1) is 0 Å². The molecule has 146 valence electrons. The first kappa shape index (κ1) is 21.2. The molecule has 2 rings (SSSR count). The zero-order valence-corrected chi connectivity index (χ0v) is 18.0. The highest BCUT2D eigenvalue weighted by Gasteiger charge is 2.25. The van der Waals surface area contributed by atoms with Crippen molar-refractivity contribution in [1.82, 2.24) is 10.2 Å². The van der Waals surface area contributed by atoms with Crippen LogP contribution in [0, 0.1) is 5.41 Å². The number of hydrogen-bond acceptors (Lipinski definition) is 2. The summed E-state index contributed by atoms with van der Waals surface area (Å²) in [6.45, 7) is 15.6. The number of rotatable bonds is 9. The van der Waals surface area contributed by atoms with Gasteiger partial charge in [0.15, 0.2) is 0 Å². The predicted molar refractivity (Wildman–Crippen MR) is 119 cm³/mol. The van der Waals surface area contributed by atoms with E-state index in [4.69, 9.17) is 0 Å². The molecule has 2 aromatic rings. The molecule has 0 atom stereocenters. The molecule has 0 saturated heterocycles. The lowest BCUT2D eigenvalue weighted by Gasteiger charge is -2.35. The zero-order chi connectivity index (χ0) is 20.1. The molecule has 0 aliphatic heterocycles. The molecule has 0 bridgehead atoms. The Kier molecular flexibility index (Phi) is 6.89. The number of allylic oxidation sites excluding steroid dienone is 1. The third kappa shape index (κ3) is 5.97. The van der Waals surface area contributed by atoms with E-state index in [1.807, 2.05) is 7.05 Å². The van der Waals surface area contributed by atoms with Crippen LogP contribution in [0.1, 0.15) is 39.7 Å². The van der Waals surface area contributed by atoms with Gasteiger partial charge in [-0.2, -0.15) is 0 Å². The smallest absolute Gasteiger partial charge is 0.0235 e. The Hall–Kier alpha value is -2.06. The van der Waals surface area contributed by atoms with Crippen molar-refractivity contribution >= 4 is 0 Å². The van der Waals surface area contributed by atoms with Gasteiger partial charge in [-0.1, -0.05) is 88.9 Å². The van der Waals surface area contributed by atoms with Crippen LogP contribution >= 0.6 is 0 Å². The average molecular weight is 365 g/mol. The minimum Gasteiger partial charge on any atom is -0.378 e. The highest BCUT2D eigenvalue weighted by molar-refractivity contribution is 5.63. The molecule has 0 unspecified atom stereocenters. The third-order valence-electron chi connectivity index (χ3n) is 5.28. The van der Waals surface area contributed by atoms with E-state index in [1.165, 1.54) is 22.4 Å². The summed E-state index contributed by atoms with van der Waals surface area (Å²) in [7, 11) is 4.17. The fourth-order valence-electron chi connectivity index (χ4n) is 3.78. The molecule has 0 aromatic heterocycles. The van der Waals surface area contributed by atoms with E-state index in [2.05, 4.69) is 106 Å². The van der Waals surface area contributed by atoms with Crippen molar-refractivity contribution in [2.45, 2.75) is 39.5 Å². The van der Waals surface area contributed by atoms with Gasteiger partial charge in [0.1, 0.15) is 0 Å². The van der Waals surface area contributed by atoms with E-state index in [-0.39, 0.29) is 10.8 Å². The molecule has 0 amide bonds. The molecular formula is C25H36N2. The van der Waals surface area contributed by atoms with Crippen molar-refractivity contribution in [3.8, 4) is 11.1 Å². The molecule has 0 saturated carbocycles. The van der Waals surface area contributed by atoms with Crippen LogP contribution in [0.3, 0.4) is 0 Å². The lowest BCUT2D eigenvalue weighted by Crippen LogP contribution is -2.38. The molecule has 2 aromatic carbocycles. The van der Waals surface area contributed by atoms with Crippen molar-refractivity contribution in [1.29, 1.82) is 0 Å². The van der Waals surface area contributed by atoms with Crippen LogP contribution in [0.5, 0.6) is 0 Å². The lowest BCUT2D eigenvalue weighted by atomic mass is 9.79. The van der Waals surface area contributed by atoms with Crippen LogP contribution < -0.4 is 5.32 Å². The SMILES string of the molecule is C=C(CC(C)(C)c1ccc(-c2ccccc2)cc1)N(C)CC(C)(C)CNC. The monoisotopic (exact) mass is 364 g/mol. The third-order valence-corrected chi connectivity index (χ3v) is 5.28. The Bertz CT molecular complexity index is 727. The molecule has 0 aliphatic rings. The number of nitrogens with zero attached hydrogens (tertiary/aromatic N) is 1. The van der Waals surface area contributed by atoms with Crippen LogP contribution in [0.4, 0.5) is 0 Å². The van der Waals surface area contributed by atoms with Gasteiger partial charge in [-0.05, 0) is 41.0 Å². The Labute approximate surface area is 166 Å². The molecule has 1 N–H and O–H groups in total. The average Bonchev–Trinajstić information content (AvgIpc) is 2.61. The fraction of sp³-hybridized carbons (Fsp3) is 0.440. The Morgan fingerprint density at radius 3 is 2.04 bits per heavy atom. The molecular weight excluding hydrogens is 328 g/mol. The predicted octanol–water partition coefficient (Wildman–Crippen LogP) is 5.71. The Balaban J connectivity index is 2.06. The fourth-order valence-corrected chi connectivity index (χ4v) is 3.78. The summed E-state index contributed by atoms with van der Waals surface area (Å²) in [6, 6.07) is 19.5. The van der Waals surface area contributed by atoms with E-state index >= 15 is 0 Å². The Morgan fingerprint density at radius 2 is 1.48 bits per heavy atom. The van der Waals surface area contributed by atoms with E-state index in [9.17, 15) is 0 Å². The van der Waals surface area contributed by atoms with Gasteiger partial charge in [0.25, 0.3) is 0 Å². The van der Waals surface area contributed by atoms with Gasteiger partial charge in [0.2, 0.25) is 0 Å². The normalized spacial score (nSPS) is 12.1. The summed E-state index contributed by atoms with van der Waals surface area (Å²) in [5, 5.41) is 3.29. The van der Waals surface area contributed by atoms with Gasteiger partial charge < -0.3 is 10.2 Å². The molecule has 27 heavy (non-hydrogen) atoms. The number of nitrogens with one attached hydrogen (secondary N) is 1. The highest BCUT2D eigenvalue weighted by atomic mass is 15.1. The number of benzene rings is 2. The molecule has 2 heteroatoms. The molecule has 2 nitrogen and oxygen atoms in total. The summed E-state index contributed by atoms with van der Waals surface area (Å²) in [4.78, 5) is 2.32. The van der Waals surface area contributed by atoms with Gasteiger partial charge >= 0.3 is 0 Å². The van der Waals surface area contributed by atoms with E-state index in [0.717, 1.165) is 19.5 Å². The van der Waals surface area contributed by atoms with E-state index in [1.54, 1.807) is 0 Å². The van der Waals surface area contributed by atoms with Crippen molar-refractivity contribution in [3.63, 3.8) is 0 Å². The van der Waals surface area contributed by atoms with Crippen LogP contribution in [-0.4, -0.2) is 32.1 Å². The summed E-state index contributed by atoms with van der Waals surface area (Å²) in [5.41, 5.74) is 5.34. The zero-order valence-electron chi connectivity index (χ0n) is 18.0. The second-order valence-corrected chi connectivity index (χ2v) is 9.12. The van der Waals surface area contributed by atoms with Gasteiger partial charge in [-0.15, -0.1) is 0 Å². The molecule has 0 heterocycles.